The van der Waals surface area contributed by atoms with Crippen LogP contribution in [0.1, 0.15) is 39.5 Å². The third kappa shape index (κ3) is 3.04. The molecule has 2 aliphatic rings. The number of hydrogen-bond acceptors (Lipinski definition) is 3. The van der Waals surface area contributed by atoms with E-state index >= 15 is 0 Å². The van der Waals surface area contributed by atoms with Crippen LogP contribution >= 0.6 is 0 Å². The Morgan fingerprint density at radius 1 is 1.50 bits per heavy atom. The number of likely N-dealkylation sites (N-methyl/N-ethyl adjacent to an activating group) is 1. The normalized spacial score (nSPS) is 32.4. The fourth-order valence-corrected chi connectivity index (χ4v) is 3.03. The van der Waals surface area contributed by atoms with Gasteiger partial charge in [0.05, 0.1) is 0 Å². The second kappa shape index (κ2) is 6.02. The molecule has 4 nitrogen and oxygen atoms in total. The predicted octanol–water partition coefficient (Wildman–Crippen LogP) is 1.40. The molecule has 2 unspecified atom stereocenters. The highest BCUT2D eigenvalue weighted by Gasteiger charge is 2.40. The Bertz CT molecular complexity index is 282. The minimum absolute atomic E-state index is 0.188. The maximum Gasteiger partial charge on any atom is 0.254 e. The largest absolute Gasteiger partial charge is 0.365 e. The van der Waals surface area contributed by atoms with Crippen LogP contribution in [0.5, 0.6) is 0 Å². The van der Waals surface area contributed by atoms with Gasteiger partial charge in [-0.15, -0.1) is 0 Å². The quantitative estimate of drug-likeness (QED) is 0.824. The van der Waals surface area contributed by atoms with Crippen molar-refractivity contribution in [1.29, 1.82) is 0 Å². The number of ether oxygens (including phenoxy) is 1. The standard InChI is InChI=1S/C14H26N2O2/c1-3-16(11-12-6-4-8-15-10-12)13(17)14(2)7-5-9-18-14/h12,15H,3-11H2,1-2H3. The highest BCUT2D eigenvalue weighted by Crippen LogP contribution is 2.27. The molecule has 2 heterocycles. The molecule has 2 rings (SSSR count). The van der Waals surface area contributed by atoms with E-state index in [0.717, 1.165) is 45.6 Å². The van der Waals surface area contributed by atoms with Crippen molar-refractivity contribution >= 4 is 5.91 Å². The van der Waals surface area contributed by atoms with Crippen molar-refractivity contribution in [3.8, 4) is 0 Å². The maximum absolute atomic E-state index is 12.6. The summed E-state index contributed by atoms with van der Waals surface area (Å²) in [5.74, 6) is 0.792. The van der Waals surface area contributed by atoms with E-state index in [9.17, 15) is 4.79 Å². The second-order valence-electron chi connectivity index (χ2n) is 5.74. The third-order valence-electron chi connectivity index (χ3n) is 4.22. The van der Waals surface area contributed by atoms with Crippen LogP contribution in [-0.2, 0) is 9.53 Å². The lowest BCUT2D eigenvalue weighted by molar-refractivity contribution is -0.151. The molecule has 0 saturated carbocycles. The van der Waals surface area contributed by atoms with E-state index in [4.69, 9.17) is 4.74 Å². The molecule has 2 fully saturated rings. The lowest BCUT2D eigenvalue weighted by atomic mass is 9.96. The lowest BCUT2D eigenvalue weighted by Crippen LogP contribution is -2.49. The van der Waals surface area contributed by atoms with Crippen molar-refractivity contribution in [2.45, 2.75) is 45.1 Å². The molecule has 2 aliphatic heterocycles. The van der Waals surface area contributed by atoms with Gasteiger partial charge >= 0.3 is 0 Å². The van der Waals surface area contributed by atoms with Gasteiger partial charge in [-0.2, -0.15) is 0 Å². The first-order valence-corrected chi connectivity index (χ1v) is 7.30. The summed E-state index contributed by atoms with van der Waals surface area (Å²) in [6.07, 6.45) is 4.33. The number of rotatable bonds is 4. The highest BCUT2D eigenvalue weighted by molar-refractivity contribution is 5.85. The molecule has 1 amide bonds. The van der Waals surface area contributed by atoms with Crippen LogP contribution in [0.4, 0.5) is 0 Å². The predicted molar refractivity (Wildman–Crippen MR) is 71.4 cm³/mol. The van der Waals surface area contributed by atoms with E-state index in [1.165, 1.54) is 12.8 Å². The molecule has 2 saturated heterocycles. The van der Waals surface area contributed by atoms with Crippen molar-refractivity contribution in [1.82, 2.24) is 10.2 Å². The van der Waals surface area contributed by atoms with Crippen molar-refractivity contribution in [3.63, 3.8) is 0 Å². The molecule has 0 bridgehead atoms. The van der Waals surface area contributed by atoms with Crippen molar-refractivity contribution in [2.24, 2.45) is 5.92 Å². The summed E-state index contributed by atoms with van der Waals surface area (Å²) in [6, 6.07) is 0. The molecule has 104 valence electrons. The van der Waals surface area contributed by atoms with Crippen LogP contribution in [0.25, 0.3) is 0 Å². The first kappa shape index (κ1) is 13.8. The van der Waals surface area contributed by atoms with Crippen molar-refractivity contribution in [2.75, 3.05) is 32.8 Å². The number of carbonyl (C=O) groups is 1. The first-order valence-electron chi connectivity index (χ1n) is 7.30. The molecule has 0 aromatic rings. The number of nitrogens with zero attached hydrogens (tertiary/aromatic N) is 1. The first-order chi connectivity index (χ1) is 8.65. The van der Waals surface area contributed by atoms with Gasteiger partial charge in [-0.3, -0.25) is 4.79 Å². The molecule has 0 aromatic carbocycles. The summed E-state index contributed by atoms with van der Waals surface area (Å²) < 4.78 is 5.67. The van der Waals surface area contributed by atoms with Gasteiger partial charge < -0.3 is 15.0 Å². The summed E-state index contributed by atoms with van der Waals surface area (Å²) in [5, 5.41) is 3.41. The molecule has 1 N–H and O–H groups in total. The van der Waals surface area contributed by atoms with Gasteiger partial charge in [0, 0.05) is 19.7 Å². The van der Waals surface area contributed by atoms with E-state index in [1.807, 2.05) is 11.8 Å². The minimum Gasteiger partial charge on any atom is -0.365 e. The monoisotopic (exact) mass is 254 g/mol. The zero-order chi connectivity index (χ0) is 13.0. The average Bonchev–Trinajstić information content (AvgIpc) is 2.84. The topological polar surface area (TPSA) is 41.6 Å². The number of hydrogen-bond donors (Lipinski definition) is 1. The highest BCUT2D eigenvalue weighted by atomic mass is 16.5. The summed E-state index contributed by atoms with van der Waals surface area (Å²) in [4.78, 5) is 14.5. The fourth-order valence-electron chi connectivity index (χ4n) is 3.03. The van der Waals surface area contributed by atoms with Gasteiger partial charge in [0.1, 0.15) is 5.60 Å². The van der Waals surface area contributed by atoms with Gasteiger partial charge in [0.15, 0.2) is 0 Å². The molecule has 4 heteroatoms. The molecule has 0 aliphatic carbocycles. The van der Waals surface area contributed by atoms with E-state index < -0.39 is 5.60 Å². The van der Waals surface area contributed by atoms with Crippen molar-refractivity contribution < 1.29 is 9.53 Å². The number of piperidine rings is 1. The van der Waals surface area contributed by atoms with Crippen LogP contribution in [-0.4, -0.2) is 49.2 Å². The summed E-state index contributed by atoms with van der Waals surface area (Å²) >= 11 is 0. The Morgan fingerprint density at radius 2 is 2.33 bits per heavy atom. The fraction of sp³-hybridized carbons (Fsp3) is 0.929. The van der Waals surface area contributed by atoms with Crippen LogP contribution in [0, 0.1) is 5.92 Å². The number of nitrogens with one attached hydrogen (secondary N) is 1. The van der Waals surface area contributed by atoms with E-state index in [2.05, 4.69) is 12.2 Å². The lowest BCUT2D eigenvalue weighted by Gasteiger charge is -2.34. The summed E-state index contributed by atoms with van der Waals surface area (Å²) in [5.41, 5.74) is -0.557. The smallest absolute Gasteiger partial charge is 0.254 e. The van der Waals surface area contributed by atoms with Gasteiger partial charge in [-0.25, -0.2) is 0 Å². The van der Waals surface area contributed by atoms with E-state index in [-0.39, 0.29) is 5.91 Å². The Hall–Kier alpha value is -0.610. The van der Waals surface area contributed by atoms with Gasteiger partial charge in [0.25, 0.3) is 5.91 Å². The maximum atomic E-state index is 12.6. The molecular weight excluding hydrogens is 228 g/mol. The Labute approximate surface area is 110 Å². The average molecular weight is 254 g/mol. The van der Waals surface area contributed by atoms with Gasteiger partial charge in [0.2, 0.25) is 0 Å². The summed E-state index contributed by atoms with van der Waals surface area (Å²) in [7, 11) is 0. The zero-order valence-corrected chi connectivity index (χ0v) is 11.7. The molecule has 2 atom stereocenters. The van der Waals surface area contributed by atoms with Gasteiger partial charge in [-0.05, 0) is 58.5 Å². The van der Waals surface area contributed by atoms with Crippen LogP contribution in [0.15, 0.2) is 0 Å². The van der Waals surface area contributed by atoms with E-state index in [1.54, 1.807) is 0 Å². The van der Waals surface area contributed by atoms with Gasteiger partial charge in [-0.1, -0.05) is 0 Å². The SMILES string of the molecule is CCN(CC1CCCNC1)C(=O)C1(C)CCCO1. The summed E-state index contributed by atoms with van der Waals surface area (Å²) in [6.45, 7) is 8.57. The van der Waals surface area contributed by atoms with Crippen LogP contribution in [0.2, 0.25) is 0 Å². The molecule has 0 radical (unpaired) electrons. The Kier molecular flexibility index (Phi) is 4.62. The Balaban J connectivity index is 1.92. The van der Waals surface area contributed by atoms with Crippen LogP contribution < -0.4 is 5.32 Å². The minimum atomic E-state index is -0.557. The molecule has 18 heavy (non-hydrogen) atoms. The van der Waals surface area contributed by atoms with Crippen LogP contribution in [0.3, 0.4) is 0 Å². The number of carbonyl (C=O) groups excluding carboxylic acids is 1. The third-order valence-corrected chi connectivity index (χ3v) is 4.22. The zero-order valence-electron chi connectivity index (χ0n) is 11.7. The molecule has 0 spiro atoms. The molecule has 0 aromatic heterocycles. The second-order valence-corrected chi connectivity index (χ2v) is 5.74. The molecular formula is C14H26N2O2. The number of amides is 1. The Morgan fingerprint density at radius 3 is 2.89 bits per heavy atom. The van der Waals surface area contributed by atoms with Crippen molar-refractivity contribution in [3.05, 3.63) is 0 Å². The van der Waals surface area contributed by atoms with E-state index in [0.29, 0.717) is 5.92 Å².